The minimum Gasteiger partial charge on any atom is -0.496 e. The fourth-order valence-corrected chi connectivity index (χ4v) is 2.32. The van der Waals surface area contributed by atoms with Crippen LogP contribution in [0.3, 0.4) is 0 Å². The van der Waals surface area contributed by atoms with E-state index in [0.29, 0.717) is 4.99 Å². The van der Waals surface area contributed by atoms with Crippen LogP contribution in [0.4, 0.5) is 0 Å². The van der Waals surface area contributed by atoms with Crippen LogP contribution < -0.4 is 10.5 Å². The molecule has 1 aliphatic rings. The Labute approximate surface area is 114 Å². The van der Waals surface area contributed by atoms with Crippen LogP contribution in [0.15, 0.2) is 18.2 Å². The van der Waals surface area contributed by atoms with Crippen molar-refractivity contribution in [3.8, 4) is 5.75 Å². The zero-order valence-corrected chi connectivity index (χ0v) is 11.8. The Morgan fingerprint density at radius 3 is 2.78 bits per heavy atom. The van der Waals surface area contributed by atoms with Gasteiger partial charge in [-0.25, -0.2) is 0 Å². The summed E-state index contributed by atoms with van der Waals surface area (Å²) in [4.78, 5) is 2.73. The number of benzene rings is 1. The van der Waals surface area contributed by atoms with Gasteiger partial charge in [0.25, 0.3) is 0 Å². The largest absolute Gasteiger partial charge is 0.496 e. The summed E-state index contributed by atoms with van der Waals surface area (Å²) in [6, 6.07) is 6.04. The molecular weight excluding hydrogens is 244 g/mol. The third-order valence-corrected chi connectivity index (χ3v) is 3.47. The fourth-order valence-electron chi connectivity index (χ4n) is 2.15. The van der Waals surface area contributed by atoms with Gasteiger partial charge in [0.05, 0.1) is 12.7 Å². The second-order valence-corrected chi connectivity index (χ2v) is 5.48. The molecule has 1 fully saturated rings. The van der Waals surface area contributed by atoms with Gasteiger partial charge in [-0.1, -0.05) is 18.3 Å². The lowest BCUT2D eigenvalue weighted by molar-refractivity contribution is 0.312. The van der Waals surface area contributed by atoms with Gasteiger partial charge in [0.1, 0.15) is 10.7 Å². The normalized spacial score (nSPS) is 14.8. The van der Waals surface area contributed by atoms with Crippen LogP contribution in [0.5, 0.6) is 5.75 Å². The van der Waals surface area contributed by atoms with Crippen LogP contribution in [-0.2, 0) is 6.54 Å². The highest BCUT2D eigenvalue weighted by molar-refractivity contribution is 7.80. The van der Waals surface area contributed by atoms with Gasteiger partial charge in [-0.3, -0.25) is 0 Å². The molecular formula is C14H20N2OS. The quantitative estimate of drug-likeness (QED) is 0.799. The molecule has 0 spiro atoms. The van der Waals surface area contributed by atoms with Gasteiger partial charge in [-0.15, -0.1) is 0 Å². The average Bonchev–Trinajstić information content (AvgIpc) is 3.12. The van der Waals surface area contributed by atoms with E-state index in [1.165, 1.54) is 24.9 Å². The maximum atomic E-state index is 5.66. The molecule has 98 valence electrons. The van der Waals surface area contributed by atoms with E-state index in [9.17, 15) is 0 Å². The monoisotopic (exact) mass is 264 g/mol. The molecule has 4 heteroatoms. The summed E-state index contributed by atoms with van der Waals surface area (Å²) in [6.07, 6.45) is 2.77. The molecule has 18 heavy (non-hydrogen) atoms. The minimum absolute atomic E-state index is 0.379. The number of nitrogens with two attached hydrogens (primary N) is 1. The predicted molar refractivity (Wildman–Crippen MR) is 77.9 cm³/mol. The summed E-state index contributed by atoms with van der Waals surface area (Å²) in [6.45, 7) is 2.11. The molecule has 0 heterocycles. The number of nitrogens with zero attached hydrogens (tertiary/aromatic N) is 1. The van der Waals surface area contributed by atoms with E-state index in [2.05, 4.69) is 18.0 Å². The van der Waals surface area contributed by atoms with E-state index in [1.807, 2.05) is 12.1 Å². The van der Waals surface area contributed by atoms with E-state index < -0.39 is 0 Å². The molecule has 3 nitrogen and oxygen atoms in total. The molecule has 1 saturated carbocycles. The summed E-state index contributed by atoms with van der Waals surface area (Å²) in [5.41, 5.74) is 7.69. The van der Waals surface area contributed by atoms with E-state index in [0.717, 1.165) is 23.8 Å². The Balaban J connectivity index is 2.06. The third-order valence-electron chi connectivity index (χ3n) is 3.25. The van der Waals surface area contributed by atoms with E-state index in [1.54, 1.807) is 7.11 Å². The van der Waals surface area contributed by atoms with Gasteiger partial charge < -0.3 is 15.4 Å². The standard InChI is InChI=1S/C14H20N2OS/c1-16(8-10-3-4-10)9-11-5-6-12(14(15)18)13(7-11)17-2/h5-7,10H,3-4,8-9H2,1-2H3,(H2,15,18). The molecule has 1 aromatic rings. The molecule has 0 atom stereocenters. The Hall–Kier alpha value is -1.13. The number of hydrogen-bond donors (Lipinski definition) is 1. The van der Waals surface area contributed by atoms with Crippen LogP contribution in [0.1, 0.15) is 24.0 Å². The lowest BCUT2D eigenvalue weighted by Crippen LogP contribution is -2.20. The van der Waals surface area contributed by atoms with Crippen LogP contribution in [-0.4, -0.2) is 30.6 Å². The smallest absolute Gasteiger partial charge is 0.129 e. The van der Waals surface area contributed by atoms with E-state index >= 15 is 0 Å². The van der Waals surface area contributed by atoms with Gasteiger partial charge in [-0.2, -0.15) is 0 Å². The first kappa shape index (κ1) is 13.3. The van der Waals surface area contributed by atoms with Gasteiger partial charge in [-0.05, 0) is 43.5 Å². The van der Waals surface area contributed by atoms with Crippen molar-refractivity contribution in [2.24, 2.45) is 11.7 Å². The Morgan fingerprint density at radius 2 is 2.22 bits per heavy atom. The van der Waals surface area contributed by atoms with Crippen molar-refractivity contribution in [1.82, 2.24) is 4.90 Å². The summed E-state index contributed by atoms with van der Waals surface area (Å²) < 4.78 is 5.34. The predicted octanol–water partition coefficient (Wildman–Crippen LogP) is 2.17. The fraction of sp³-hybridized carbons (Fsp3) is 0.500. The number of rotatable bonds is 6. The van der Waals surface area contributed by atoms with E-state index in [4.69, 9.17) is 22.7 Å². The molecule has 0 aromatic heterocycles. The number of ether oxygens (including phenoxy) is 1. The highest BCUT2D eigenvalue weighted by atomic mass is 32.1. The highest BCUT2D eigenvalue weighted by Crippen LogP contribution is 2.30. The molecule has 1 aromatic carbocycles. The molecule has 0 saturated heterocycles. The maximum absolute atomic E-state index is 5.66. The zero-order valence-electron chi connectivity index (χ0n) is 11.0. The van der Waals surface area contributed by atoms with Gasteiger partial charge in [0, 0.05) is 13.1 Å². The van der Waals surface area contributed by atoms with Crippen molar-refractivity contribution in [3.63, 3.8) is 0 Å². The van der Waals surface area contributed by atoms with Crippen LogP contribution >= 0.6 is 12.2 Å². The van der Waals surface area contributed by atoms with Crippen molar-refractivity contribution in [3.05, 3.63) is 29.3 Å². The molecule has 0 aliphatic heterocycles. The van der Waals surface area contributed by atoms with Crippen molar-refractivity contribution in [1.29, 1.82) is 0 Å². The summed E-state index contributed by atoms with van der Waals surface area (Å²) in [5.74, 6) is 1.67. The summed E-state index contributed by atoms with van der Waals surface area (Å²) >= 11 is 5.00. The van der Waals surface area contributed by atoms with Crippen molar-refractivity contribution in [2.75, 3.05) is 20.7 Å². The first-order valence-corrected chi connectivity index (χ1v) is 6.66. The Morgan fingerprint density at radius 1 is 1.50 bits per heavy atom. The van der Waals surface area contributed by atoms with Crippen LogP contribution in [0.25, 0.3) is 0 Å². The molecule has 1 aliphatic carbocycles. The lowest BCUT2D eigenvalue weighted by atomic mass is 10.1. The average molecular weight is 264 g/mol. The lowest BCUT2D eigenvalue weighted by Gasteiger charge is -2.17. The Kier molecular flexibility index (Phi) is 4.19. The van der Waals surface area contributed by atoms with Crippen LogP contribution in [0.2, 0.25) is 0 Å². The van der Waals surface area contributed by atoms with E-state index in [-0.39, 0.29) is 0 Å². The minimum atomic E-state index is 0.379. The number of hydrogen-bond acceptors (Lipinski definition) is 3. The van der Waals surface area contributed by atoms with Crippen molar-refractivity contribution in [2.45, 2.75) is 19.4 Å². The van der Waals surface area contributed by atoms with Gasteiger partial charge in [0.2, 0.25) is 0 Å². The highest BCUT2D eigenvalue weighted by Gasteiger charge is 2.22. The first-order valence-electron chi connectivity index (χ1n) is 6.25. The van der Waals surface area contributed by atoms with Crippen molar-refractivity contribution >= 4 is 17.2 Å². The zero-order chi connectivity index (χ0) is 13.1. The third kappa shape index (κ3) is 3.43. The number of methoxy groups -OCH3 is 1. The van der Waals surface area contributed by atoms with Crippen LogP contribution in [0, 0.1) is 5.92 Å². The second kappa shape index (κ2) is 5.67. The van der Waals surface area contributed by atoms with Gasteiger partial charge in [0.15, 0.2) is 0 Å². The topological polar surface area (TPSA) is 38.5 Å². The molecule has 0 radical (unpaired) electrons. The van der Waals surface area contributed by atoms with Gasteiger partial charge >= 0.3 is 0 Å². The summed E-state index contributed by atoms with van der Waals surface area (Å²) in [5, 5.41) is 0. The maximum Gasteiger partial charge on any atom is 0.129 e. The molecule has 0 unspecified atom stereocenters. The summed E-state index contributed by atoms with van der Waals surface area (Å²) in [7, 11) is 3.81. The number of thiocarbonyl (C=S) groups is 1. The molecule has 0 bridgehead atoms. The second-order valence-electron chi connectivity index (χ2n) is 5.04. The van der Waals surface area contributed by atoms with Crippen molar-refractivity contribution < 1.29 is 4.74 Å². The molecule has 0 amide bonds. The molecule has 2 rings (SSSR count). The first-order chi connectivity index (χ1) is 8.60. The molecule has 2 N–H and O–H groups in total. The Bertz CT molecular complexity index is 443. The SMILES string of the molecule is COc1cc(CN(C)CC2CC2)ccc1C(N)=S.